The van der Waals surface area contributed by atoms with Gasteiger partial charge in [-0.3, -0.25) is 9.24 Å². The first kappa shape index (κ1) is 12.4. The predicted molar refractivity (Wildman–Crippen MR) is 65.4 cm³/mol. The Kier molecular flexibility index (Phi) is 4.43. The van der Waals surface area contributed by atoms with Crippen molar-refractivity contribution in [3.63, 3.8) is 0 Å². The van der Waals surface area contributed by atoms with E-state index in [1.54, 1.807) is 19.5 Å². The number of fused-ring (bicyclic) bond motifs is 1. The van der Waals surface area contributed by atoms with Gasteiger partial charge in [-0.15, -0.1) is 0 Å². The molecule has 6 nitrogen and oxygen atoms in total. The zero-order chi connectivity index (χ0) is 12.1. The molecule has 92 valence electrons. The lowest BCUT2D eigenvalue weighted by Gasteiger charge is -2.05. The summed E-state index contributed by atoms with van der Waals surface area (Å²) in [7, 11) is 1.64. The van der Waals surface area contributed by atoms with Crippen molar-refractivity contribution in [1.29, 1.82) is 0 Å². The third kappa shape index (κ3) is 3.22. The van der Waals surface area contributed by atoms with Gasteiger partial charge in [-0.1, -0.05) is 0 Å². The second-order valence-electron chi connectivity index (χ2n) is 3.35. The predicted octanol–water partition coefficient (Wildman–Crippen LogP) is 1.16. The lowest BCUT2D eigenvalue weighted by atomic mass is 10.5. The Hall–Kier alpha value is -1.02. The fourth-order valence-electron chi connectivity index (χ4n) is 1.37. The zero-order valence-electron chi connectivity index (χ0n) is 9.39. The van der Waals surface area contributed by atoms with E-state index in [1.807, 2.05) is 10.6 Å². The van der Waals surface area contributed by atoms with E-state index in [9.17, 15) is 0 Å². The second kappa shape index (κ2) is 6.06. The molecular formula is C10H13BrN4O2. The highest BCUT2D eigenvalue weighted by Crippen LogP contribution is 2.10. The smallest absolute Gasteiger partial charge is 0.155 e. The monoisotopic (exact) mass is 300 g/mol. The molecule has 2 rings (SSSR count). The Morgan fingerprint density at radius 1 is 1.35 bits per heavy atom. The fourth-order valence-corrected chi connectivity index (χ4v) is 1.68. The number of nitrogens with zero attached hydrogens (tertiary/aromatic N) is 3. The van der Waals surface area contributed by atoms with Gasteiger partial charge in [0.2, 0.25) is 0 Å². The molecule has 0 aliphatic heterocycles. The molecule has 0 aliphatic carbocycles. The largest absolute Gasteiger partial charge is 0.382 e. The molecule has 7 heteroatoms. The topological polar surface area (TPSA) is 60.7 Å². The molecule has 2 aromatic rings. The number of ether oxygens (including phenoxy) is 1. The van der Waals surface area contributed by atoms with Crippen LogP contribution < -0.4 is 5.48 Å². The third-order valence-corrected chi connectivity index (χ3v) is 2.60. The summed E-state index contributed by atoms with van der Waals surface area (Å²) in [5, 5.41) is 0. The third-order valence-electron chi connectivity index (χ3n) is 2.19. The van der Waals surface area contributed by atoms with Crippen LogP contribution in [0.4, 0.5) is 0 Å². The molecule has 0 bridgehead atoms. The number of hydrogen-bond acceptors (Lipinski definition) is 5. The summed E-state index contributed by atoms with van der Waals surface area (Å²) < 4.78 is 7.58. The summed E-state index contributed by atoms with van der Waals surface area (Å²) in [5.41, 5.74) is 4.67. The van der Waals surface area contributed by atoms with Crippen LogP contribution in [0.5, 0.6) is 0 Å². The van der Waals surface area contributed by atoms with E-state index in [-0.39, 0.29) is 0 Å². The van der Waals surface area contributed by atoms with E-state index in [0.29, 0.717) is 19.8 Å². The average molecular weight is 301 g/mol. The zero-order valence-corrected chi connectivity index (χ0v) is 11.0. The molecule has 0 amide bonds. The summed E-state index contributed by atoms with van der Waals surface area (Å²) in [6, 6.07) is 0. The highest BCUT2D eigenvalue weighted by molar-refractivity contribution is 9.10. The van der Waals surface area contributed by atoms with Gasteiger partial charge in [0.25, 0.3) is 0 Å². The van der Waals surface area contributed by atoms with Gasteiger partial charge in [0.1, 0.15) is 4.60 Å². The first-order valence-electron chi connectivity index (χ1n) is 5.12. The number of aromatic nitrogens is 3. The summed E-state index contributed by atoms with van der Waals surface area (Å²) in [5.74, 6) is 0. The van der Waals surface area contributed by atoms with Crippen LogP contribution in [0.1, 0.15) is 5.69 Å². The van der Waals surface area contributed by atoms with Crippen LogP contribution in [0.3, 0.4) is 0 Å². The van der Waals surface area contributed by atoms with E-state index in [0.717, 1.165) is 15.9 Å². The Balaban J connectivity index is 1.96. The maximum Gasteiger partial charge on any atom is 0.155 e. The minimum absolute atomic E-state index is 0.512. The van der Waals surface area contributed by atoms with E-state index < -0.39 is 0 Å². The van der Waals surface area contributed by atoms with Crippen LogP contribution in [0.25, 0.3) is 5.65 Å². The second-order valence-corrected chi connectivity index (χ2v) is 4.16. The number of nitrogens with one attached hydrogen (secondary N) is 1. The fraction of sp³-hybridized carbons (Fsp3) is 0.400. The molecule has 0 aromatic carbocycles. The molecule has 0 unspecified atom stereocenters. The van der Waals surface area contributed by atoms with Gasteiger partial charge in [0, 0.05) is 13.3 Å². The average Bonchev–Trinajstić information content (AvgIpc) is 2.72. The highest BCUT2D eigenvalue weighted by atomic mass is 79.9. The minimum atomic E-state index is 0.512. The van der Waals surface area contributed by atoms with Crippen LogP contribution in [0.15, 0.2) is 23.2 Å². The van der Waals surface area contributed by atoms with Gasteiger partial charge in [0.15, 0.2) is 5.65 Å². The Morgan fingerprint density at radius 2 is 2.24 bits per heavy atom. The summed E-state index contributed by atoms with van der Waals surface area (Å²) in [6.45, 7) is 1.65. The minimum Gasteiger partial charge on any atom is -0.382 e. The molecule has 2 heterocycles. The summed E-state index contributed by atoms with van der Waals surface area (Å²) in [6.07, 6.45) is 5.37. The molecule has 2 aromatic heterocycles. The van der Waals surface area contributed by atoms with Crippen molar-refractivity contribution in [2.45, 2.75) is 6.54 Å². The molecule has 0 atom stereocenters. The Morgan fingerprint density at radius 3 is 3.06 bits per heavy atom. The summed E-state index contributed by atoms with van der Waals surface area (Å²) in [4.78, 5) is 13.5. The number of hydrogen-bond donors (Lipinski definition) is 1. The van der Waals surface area contributed by atoms with Crippen LogP contribution in [0, 0.1) is 0 Å². The SMILES string of the molecule is COCCONCc1cnc2cnc(Br)cn12. The molecule has 0 radical (unpaired) electrons. The first-order chi connectivity index (χ1) is 8.31. The molecule has 1 N–H and O–H groups in total. The lowest BCUT2D eigenvalue weighted by Crippen LogP contribution is -2.18. The summed E-state index contributed by atoms with van der Waals surface area (Å²) >= 11 is 3.33. The van der Waals surface area contributed by atoms with Crippen molar-refractivity contribution in [1.82, 2.24) is 19.8 Å². The van der Waals surface area contributed by atoms with E-state index in [4.69, 9.17) is 9.57 Å². The molecule has 17 heavy (non-hydrogen) atoms. The maximum absolute atomic E-state index is 5.18. The normalized spacial score (nSPS) is 11.2. The number of methoxy groups -OCH3 is 1. The van der Waals surface area contributed by atoms with Gasteiger partial charge in [-0.2, -0.15) is 5.48 Å². The Bertz CT molecular complexity index is 488. The van der Waals surface area contributed by atoms with Crippen LogP contribution in [-0.2, 0) is 16.1 Å². The number of rotatable bonds is 6. The molecule has 0 saturated carbocycles. The molecule has 0 aliphatic rings. The van der Waals surface area contributed by atoms with Crippen molar-refractivity contribution in [3.05, 3.63) is 28.9 Å². The van der Waals surface area contributed by atoms with E-state index in [1.165, 1.54) is 0 Å². The van der Waals surface area contributed by atoms with Crippen molar-refractivity contribution < 1.29 is 9.57 Å². The van der Waals surface area contributed by atoms with Gasteiger partial charge >= 0.3 is 0 Å². The van der Waals surface area contributed by atoms with Crippen molar-refractivity contribution in [2.24, 2.45) is 0 Å². The molecule has 0 saturated heterocycles. The number of hydroxylamine groups is 1. The van der Waals surface area contributed by atoms with E-state index in [2.05, 4.69) is 31.4 Å². The van der Waals surface area contributed by atoms with Crippen LogP contribution in [-0.4, -0.2) is 34.7 Å². The first-order valence-corrected chi connectivity index (χ1v) is 5.91. The van der Waals surface area contributed by atoms with Gasteiger partial charge in [-0.25, -0.2) is 9.97 Å². The number of halogens is 1. The van der Waals surface area contributed by atoms with Crippen LogP contribution in [0.2, 0.25) is 0 Å². The van der Waals surface area contributed by atoms with Gasteiger partial charge in [-0.05, 0) is 15.9 Å². The lowest BCUT2D eigenvalue weighted by molar-refractivity contribution is 0.00289. The number of imidazole rings is 1. The molecular weight excluding hydrogens is 288 g/mol. The highest BCUT2D eigenvalue weighted by Gasteiger charge is 2.03. The van der Waals surface area contributed by atoms with E-state index >= 15 is 0 Å². The maximum atomic E-state index is 5.18. The van der Waals surface area contributed by atoms with Crippen LogP contribution >= 0.6 is 15.9 Å². The Labute approximate surface area is 107 Å². The van der Waals surface area contributed by atoms with Crippen molar-refractivity contribution >= 4 is 21.6 Å². The van der Waals surface area contributed by atoms with Crippen molar-refractivity contribution in [2.75, 3.05) is 20.3 Å². The van der Waals surface area contributed by atoms with Gasteiger partial charge < -0.3 is 4.74 Å². The molecule has 0 spiro atoms. The quantitative estimate of drug-likeness (QED) is 0.641. The standard InChI is InChI=1S/C10H13BrN4O2/c1-16-2-3-17-14-5-8-4-13-10-6-12-9(11)7-15(8)10/h4,6-7,14H,2-3,5H2,1H3. The molecule has 0 fully saturated rings. The van der Waals surface area contributed by atoms with Crippen molar-refractivity contribution in [3.8, 4) is 0 Å². The van der Waals surface area contributed by atoms with Gasteiger partial charge in [0.05, 0.1) is 37.8 Å².